The van der Waals surface area contributed by atoms with Gasteiger partial charge in [-0.1, -0.05) is 44.2 Å². The van der Waals surface area contributed by atoms with Gasteiger partial charge in [0, 0.05) is 11.6 Å². The van der Waals surface area contributed by atoms with E-state index < -0.39 is 0 Å². The van der Waals surface area contributed by atoms with Crippen molar-refractivity contribution in [3.05, 3.63) is 54.6 Å². The lowest BCUT2D eigenvalue weighted by atomic mass is 10.1. The van der Waals surface area contributed by atoms with Gasteiger partial charge >= 0.3 is 0 Å². The topological polar surface area (TPSA) is 41.1 Å². The van der Waals surface area contributed by atoms with Crippen molar-refractivity contribution >= 4 is 23.0 Å². The second-order valence-corrected chi connectivity index (χ2v) is 4.84. The Labute approximate surface area is 120 Å². The minimum absolute atomic E-state index is 0.0137. The molecule has 20 heavy (non-hydrogen) atoms. The van der Waals surface area contributed by atoms with Crippen LogP contribution in [0.4, 0.5) is 17.1 Å². The molecule has 2 rings (SSSR count). The molecule has 3 nitrogen and oxygen atoms in total. The highest BCUT2D eigenvalue weighted by Crippen LogP contribution is 2.25. The smallest absolute Gasteiger partial charge is 0.227 e. The molecule has 2 aromatic rings. The van der Waals surface area contributed by atoms with Crippen LogP contribution >= 0.6 is 0 Å². The fourth-order valence-electron chi connectivity index (χ4n) is 1.82. The molecule has 1 unspecified atom stereocenters. The molecule has 104 valence electrons. The first-order valence-electron chi connectivity index (χ1n) is 6.92. The molecule has 0 aliphatic carbocycles. The number of nitrogens with one attached hydrogen (secondary N) is 2. The molecule has 2 N–H and O–H groups in total. The highest BCUT2D eigenvalue weighted by molar-refractivity contribution is 5.96. The summed E-state index contributed by atoms with van der Waals surface area (Å²) in [6.45, 7) is 3.95. The third kappa shape index (κ3) is 3.60. The third-order valence-corrected chi connectivity index (χ3v) is 3.30. The van der Waals surface area contributed by atoms with Crippen LogP contribution in [0.15, 0.2) is 54.6 Å². The number of carbonyl (C=O) groups is 1. The normalized spacial score (nSPS) is 11.7. The van der Waals surface area contributed by atoms with Crippen LogP contribution in [-0.2, 0) is 4.79 Å². The zero-order chi connectivity index (χ0) is 14.4. The highest BCUT2D eigenvalue weighted by atomic mass is 16.1. The molecule has 1 atom stereocenters. The summed E-state index contributed by atoms with van der Waals surface area (Å²) in [5.41, 5.74) is 2.70. The van der Waals surface area contributed by atoms with E-state index in [0.717, 1.165) is 23.5 Å². The molecule has 0 saturated heterocycles. The summed E-state index contributed by atoms with van der Waals surface area (Å²) in [6, 6.07) is 17.6. The summed E-state index contributed by atoms with van der Waals surface area (Å²) in [5, 5.41) is 6.30. The lowest BCUT2D eigenvalue weighted by Gasteiger charge is -2.15. The molecule has 0 radical (unpaired) electrons. The standard InChI is InChI=1S/C17H20N2O/c1-3-13(2)17(20)19-16-12-8-7-11-15(16)18-14-9-5-4-6-10-14/h4-13,18H,3H2,1-2H3,(H,19,20). The van der Waals surface area contributed by atoms with Gasteiger partial charge in [-0.3, -0.25) is 4.79 Å². The van der Waals surface area contributed by atoms with Crippen molar-refractivity contribution in [1.29, 1.82) is 0 Å². The van der Waals surface area contributed by atoms with Crippen molar-refractivity contribution in [3.8, 4) is 0 Å². The molecule has 0 fully saturated rings. The molecular formula is C17H20N2O. The van der Waals surface area contributed by atoms with Crippen LogP contribution in [0, 0.1) is 5.92 Å². The van der Waals surface area contributed by atoms with Crippen molar-refractivity contribution in [3.63, 3.8) is 0 Å². The zero-order valence-electron chi connectivity index (χ0n) is 11.9. The molecule has 1 amide bonds. The van der Waals surface area contributed by atoms with Gasteiger partial charge in [0.15, 0.2) is 0 Å². The lowest BCUT2D eigenvalue weighted by Crippen LogP contribution is -2.20. The van der Waals surface area contributed by atoms with E-state index >= 15 is 0 Å². The van der Waals surface area contributed by atoms with Gasteiger partial charge in [0.2, 0.25) is 5.91 Å². The predicted octanol–water partition coefficient (Wildman–Crippen LogP) is 4.41. The fourth-order valence-corrected chi connectivity index (χ4v) is 1.82. The Morgan fingerprint density at radius 2 is 1.60 bits per heavy atom. The van der Waals surface area contributed by atoms with Crippen LogP contribution in [0.5, 0.6) is 0 Å². The van der Waals surface area contributed by atoms with E-state index in [1.165, 1.54) is 0 Å². The van der Waals surface area contributed by atoms with E-state index in [2.05, 4.69) is 10.6 Å². The maximum atomic E-state index is 12.0. The molecule has 0 spiro atoms. The number of amides is 1. The van der Waals surface area contributed by atoms with E-state index in [4.69, 9.17) is 0 Å². The molecule has 0 aromatic heterocycles. The molecule has 2 aromatic carbocycles. The predicted molar refractivity (Wildman–Crippen MR) is 84.3 cm³/mol. The summed E-state index contributed by atoms with van der Waals surface area (Å²) < 4.78 is 0. The minimum atomic E-state index is 0.0137. The Bertz CT molecular complexity index is 566. The van der Waals surface area contributed by atoms with Gasteiger partial charge in [0.05, 0.1) is 11.4 Å². The van der Waals surface area contributed by atoms with E-state index in [0.29, 0.717) is 0 Å². The average Bonchev–Trinajstić information content (AvgIpc) is 2.49. The summed E-state index contributed by atoms with van der Waals surface area (Å²) in [6.07, 6.45) is 0.833. The van der Waals surface area contributed by atoms with Gasteiger partial charge in [-0.05, 0) is 30.7 Å². The van der Waals surface area contributed by atoms with Gasteiger partial charge in [-0.15, -0.1) is 0 Å². The number of rotatable bonds is 5. The SMILES string of the molecule is CCC(C)C(=O)Nc1ccccc1Nc1ccccc1. The first kappa shape index (κ1) is 14.1. The largest absolute Gasteiger partial charge is 0.354 e. The maximum Gasteiger partial charge on any atom is 0.227 e. The number of hydrogen-bond donors (Lipinski definition) is 2. The Hall–Kier alpha value is -2.29. The van der Waals surface area contributed by atoms with Gasteiger partial charge in [0.25, 0.3) is 0 Å². The summed E-state index contributed by atoms with van der Waals surface area (Å²) in [5.74, 6) is 0.0644. The monoisotopic (exact) mass is 268 g/mol. The Morgan fingerprint density at radius 1 is 1.00 bits per heavy atom. The Balaban J connectivity index is 2.16. The number of benzene rings is 2. The first-order valence-corrected chi connectivity index (χ1v) is 6.92. The summed E-state index contributed by atoms with van der Waals surface area (Å²) >= 11 is 0. The van der Waals surface area contributed by atoms with Crippen LogP contribution < -0.4 is 10.6 Å². The molecule has 0 aliphatic rings. The van der Waals surface area contributed by atoms with Crippen LogP contribution in [-0.4, -0.2) is 5.91 Å². The van der Waals surface area contributed by atoms with E-state index in [1.807, 2.05) is 68.4 Å². The second-order valence-electron chi connectivity index (χ2n) is 4.84. The highest BCUT2D eigenvalue weighted by Gasteiger charge is 2.12. The molecule has 0 saturated carbocycles. The number of hydrogen-bond acceptors (Lipinski definition) is 2. The maximum absolute atomic E-state index is 12.0. The Kier molecular flexibility index (Phi) is 4.77. The molecular weight excluding hydrogens is 248 g/mol. The number of anilines is 3. The van der Waals surface area contributed by atoms with Crippen molar-refractivity contribution in [2.24, 2.45) is 5.92 Å². The van der Waals surface area contributed by atoms with Crippen LogP contribution in [0.25, 0.3) is 0 Å². The third-order valence-electron chi connectivity index (χ3n) is 3.30. The number of carbonyl (C=O) groups excluding carboxylic acids is 1. The van der Waals surface area contributed by atoms with Crippen LogP contribution in [0.3, 0.4) is 0 Å². The van der Waals surface area contributed by atoms with Gasteiger partial charge < -0.3 is 10.6 Å². The lowest BCUT2D eigenvalue weighted by molar-refractivity contribution is -0.119. The fraction of sp³-hybridized carbons (Fsp3) is 0.235. The molecule has 0 heterocycles. The average molecular weight is 268 g/mol. The second kappa shape index (κ2) is 6.75. The van der Waals surface area contributed by atoms with E-state index in [9.17, 15) is 4.79 Å². The Morgan fingerprint density at radius 3 is 2.25 bits per heavy atom. The molecule has 0 bridgehead atoms. The van der Waals surface area contributed by atoms with Gasteiger partial charge in [-0.2, -0.15) is 0 Å². The van der Waals surface area contributed by atoms with Crippen LogP contribution in [0.2, 0.25) is 0 Å². The summed E-state index contributed by atoms with van der Waals surface area (Å²) in [4.78, 5) is 12.0. The minimum Gasteiger partial charge on any atom is -0.354 e. The van der Waals surface area contributed by atoms with Crippen molar-refractivity contribution in [2.45, 2.75) is 20.3 Å². The molecule has 0 aliphatic heterocycles. The van der Waals surface area contributed by atoms with Crippen molar-refractivity contribution < 1.29 is 4.79 Å². The van der Waals surface area contributed by atoms with E-state index in [1.54, 1.807) is 0 Å². The van der Waals surface area contributed by atoms with Gasteiger partial charge in [-0.25, -0.2) is 0 Å². The number of para-hydroxylation sites is 3. The quantitative estimate of drug-likeness (QED) is 0.843. The van der Waals surface area contributed by atoms with E-state index in [-0.39, 0.29) is 11.8 Å². The zero-order valence-corrected chi connectivity index (χ0v) is 11.9. The van der Waals surface area contributed by atoms with Crippen molar-refractivity contribution in [1.82, 2.24) is 0 Å². The van der Waals surface area contributed by atoms with Gasteiger partial charge in [0.1, 0.15) is 0 Å². The molecule has 3 heteroatoms. The summed E-state index contributed by atoms with van der Waals surface area (Å²) in [7, 11) is 0. The van der Waals surface area contributed by atoms with Crippen LogP contribution in [0.1, 0.15) is 20.3 Å². The first-order chi connectivity index (χ1) is 9.70. The van der Waals surface area contributed by atoms with Crippen molar-refractivity contribution in [2.75, 3.05) is 10.6 Å².